The van der Waals surface area contributed by atoms with Crippen LogP contribution in [0.4, 0.5) is 18.3 Å². The Morgan fingerprint density at radius 2 is 2.05 bits per heavy atom. The van der Waals surface area contributed by atoms with E-state index in [2.05, 4.69) is 34.0 Å². The molecule has 204 valence electrons. The lowest BCUT2D eigenvalue weighted by Gasteiger charge is -2.35. The van der Waals surface area contributed by atoms with Crippen molar-refractivity contribution >= 4 is 32.2 Å². The van der Waals surface area contributed by atoms with Crippen LogP contribution in [0, 0.1) is 11.8 Å². The highest BCUT2D eigenvalue weighted by molar-refractivity contribution is 7.91. The highest BCUT2D eigenvalue weighted by Gasteiger charge is 2.44. The molecule has 2 aliphatic heterocycles. The molecule has 1 saturated heterocycles. The first kappa shape index (κ1) is 27.9. The number of ether oxygens (including phenoxy) is 1. The SMILES string of the molecule is CCS(=O)(=O)c1ccc(CC(=O)Nc2nc3c(s2)CN(C[C@H]2CC[C@@H](C(F)(F)F)OC2)[C@H]3C(C)C)nc1. The fraction of sp³-hybridized carbons (Fsp3) is 0.625. The van der Waals surface area contributed by atoms with E-state index >= 15 is 0 Å². The van der Waals surface area contributed by atoms with Crippen molar-refractivity contribution < 1.29 is 31.1 Å². The molecular weight excluding hydrogens is 529 g/mol. The zero-order valence-corrected chi connectivity index (χ0v) is 22.5. The summed E-state index contributed by atoms with van der Waals surface area (Å²) in [6, 6.07) is 2.99. The molecule has 0 bridgehead atoms. The second-order valence-electron chi connectivity index (χ2n) is 9.87. The number of carbonyl (C=O) groups excluding carboxylic acids is 1. The molecule has 1 amide bonds. The molecule has 2 aromatic heterocycles. The van der Waals surface area contributed by atoms with Crippen molar-refractivity contribution in [3.63, 3.8) is 0 Å². The number of anilines is 1. The third kappa shape index (κ3) is 6.50. The first-order valence-electron chi connectivity index (χ1n) is 12.3. The number of nitrogens with one attached hydrogen (secondary N) is 1. The predicted octanol–water partition coefficient (Wildman–Crippen LogP) is 4.38. The summed E-state index contributed by atoms with van der Waals surface area (Å²) in [5.41, 5.74) is 1.35. The molecule has 8 nitrogen and oxygen atoms in total. The number of thiazole rings is 1. The van der Waals surface area contributed by atoms with E-state index in [9.17, 15) is 26.4 Å². The second kappa shape index (κ2) is 11.0. The number of amides is 1. The van der Waals surface area contributed by atoms with Crippen LogP contribution in [0.15, 0.2) is 23.2 Å². The van der Waals surface area contributed by atoms with Gasteiger partial charge in [-0.3, -0.25) is 14.7 Å². The van der Waals surface area contributed by atoms with Crippen molar-refractivity contribution in [2.45, 2.75) is 69.8 Å². The van der Waals surface area contributed by atoms with E-state index in [1.807, 2.05) is 0 Å². The summed E-state index contributed by atoms with van der Waals surface area (Å²) in [4.78, 5) is 24.8. The van der Waals surface area contributed by atoms with E-state index in [4.69, 9.17) is 4.74 Å². The van der Waals surface area contributed by atoms with E-state index < -0.39 is 22.1 Å². The van der Waals surface area contributed by atoms with Crippen LogP contribution in [-0.4, -0.2) is 60.4 Å². The predicted molar refractivity (Wildman–Crippen MR) is 133 cm³/mol. The third-order valence-corrected chi connectivity index (χ3v) is 9.42. The summed E-state index contributed by atoms with van der Waals surface area (Å²) in [5, 5.41) is 3.30. The Morgan fingerprint density at radius 3 is 2.62 bits per heavy atom. The standard InChI is InChI=1S/C24H31F3N4O4S2/c1-4-37(33,34)17-7-6-16(28-10-17)9-20(32)29-23-30-21-18(36-23)12-31(22(21)14(2)3)11-15-5-8-19(35-13-15)24(25,26)27/h6-7,10,14-15,19,22H,4-5,8-9,11-13H2,1-3H3,(H,29,30,32)/t15-,19+,22+/m1/s1. The van der Waals surface area contributed by atoms with Crippen molar-refractivity contribution in [1.29, 1.82) is 0 Å². The molecule has 2 aromatic rings. The van der Waals surface area contributed by atoms with Gasteiger partial charge in [-0.05, 0) is 36.8 Å². The Balaban J connectivity index is 1.35. The molecule has 0 aliphatic carbocycles. The summed E-state index contributed by atoms with van der Waals surface area (Å²) in [7, 11) is -3.35. The Hall–Kier alpha value is -2.09. The van der Waals surface area contributed by atoms with Crippen molar-refractivity contribution in [3.8, 4) is 0 Å². The van der Waals surface area contributed by atoms with E-state index in [0.29, 0.717) is 30.3 Å². The first-order chi connectivity index (χ1) is 17.4. The van der Waals surface area contributed by atoms with Gasteiger partial charge in [-0.15, -0.1) is 11.3 Å². The fourth-order valence-electron chi connectivity index (χ4n) is 4.87. The number of pyridine rings is 1. The maximum absolute atomic E-state index is 12.9. The van der Waals surface area contributed by atoms with E-state index in [-0.39, 0.29) is 53.9 Å². The average molecular weight is 561 g/mol. The molecule has 0 unspecified atom stereocenters. The van der Waals surface area contributed by atoms with Crippen LogP contribution in [0.2, 0.25) is 0 Å². The van der Waals surface area contributed by atoms with Gasteiger partial charge in [0, 0.05) is 29.9 Å². The summed E-state index contributed by atoms with van der Waals surface area (Å²) in [6.45, 7) is 7.06. The second-order valence-corrected chi connectivity index (χ2v) is 13.2. The van der Waals surface area contributed by atoms with Gasteiger partial charge in [0.1, 0.15) is 0 Å². The van der Waals surface area contributed by atoms with Crippen molar-refractivity contribution in [1.82, 2.24) is 14.9 Å². The van der Waals surface area contributed by atoms with Gasteiger partial charge in [0.25, 0.3) is 0 Å². The van der Waals surface area contributed by atoms with Crippen LogP contribution in [0.25, 0.3) is 0 Å². The average Bonchev–Trinajstić information content (AvgIpc) is 3.35. The smallest absolute Gasteiger partial charge is 0.368 e. The maximum Gasteiger partial charge on any atom is 0.414 e. The number of hydrogen-bond donors (Lipinski definition) is 1. The normalized spacial score (nSPS) is 22.8. The molecule has 0 saturated carbocycles. The van der Waals surface area contributed by atoms with Gasteiger partial charge in [-0.25, -0.2) is 13.4 Å². The van der Waals surface area contributed by atoms with Crippen LogP contribution < -0.4 is 5.32 Å². The number of carbonyl (C=O) groups is 1. The number of nitrogens with zero attached hydrogens (tertiary/aromatic N) is 3. The third-order valence-electron chi connectivity index (χ3n) is 6.73. The Labute approximate surface area is 218 Å². The molecule has 0 radical (unpaired) electrons. The van der Waals surface area contributed by atoms with Gasteiger partial charge in [-0.1, -0.05) is 20.8 Å². The van der Waals surface area contributed by atoms with E-state index in [1.165, 1.54) is 29.7 Å². The van der Waals surface area contributed by atoms with Gasteiger partial charge >= 0.3 is 6.18 Å². The van der Waals surface area contributed by atoms with Gasteiger partial charge < -0.3 is 10.1 Å². The molecule has 1 fully saturated rings. The largest absolute Gasteiger partial charge is 0.414 e. The number of fused-ring (bicyclic) bond motifs is 1. The van der Waals surface area contributed by atoms with E-state index in [0.717, 1.165) is 10.6 Å². The molecular formula is C24H31F3N4O4S2. The van der Waals surface area contributed by atoms with Crippen LogP contribution in [0.5, 0.6) is 0 Å². The molecule has 37 heavy (non-hydrogen) atoms. The maximum atomic E-state index is 12.9. The highest BCUT2D eigenvalue weighted by Crippen LogP contribution is 2.43. The molecule has 2 aliphatic rings. The van der Waals surface area contributed by atoms with Gasteiger partial charge in [0.15, 0.2) is 21.1 Å². The van der Waals surface area contributed by atoms with Crippen LogP contribution >= 0.6 is 11.3 Å². The minimum Gasteiger partial charge on any atom is -0.368 e. The topological polar surface area (TPSA) is 101 Å². The molecule has 4 rings (SSSR count). The molecule has 13 heteroatoms. The van der Waals surface area contributed by atoms with Crippen molar-refractivity contribution in [3.05, 3.63) is 34.6 Å². The number of hydrogen-bond acceptors (Lipinski definition) is 8. The molecule has 0 spiro atoms. The van der Waals surface area contributed by atoms with Gasteiger partial charge in [0.05, 0.1) is 35.4 Å². The number of sulfone groups is 1. The monoisotopic (exact) mass is 560 g/mol. The van der Waals surface area contributed by atoms with Crippen LogP contribution in [0.1, 0.15) is 55.9 Å². The summed E-state index contributed by atoms with van der Waals surface area (Å²) >= 11 is 1.40. The Morgan fingerprint density at radius 1 is 1.30 bits per heavy atom. The summed E-state index contributed by atoms with van der Waals surface area (Å²) in [6.07, 6.45) is -4.29. The van der Waals surface area contributed by atoms with E-state index in [1.54, 1.807) is 6.92 Å². The number of rotatable bonds is 8. The summed E-state index contributed by atoms with van der Waals surface area (Å²) < 4.78 is 67.7. The van der Waals surface area contributed by atoms with Gasteiger partial charge in [-0.2, -0.15) is 13.2 Å². The molecule has 0 aromatic carbocycles. The zero-order chi connectivity index (χ0) is 27.0. The number of halogens is 3. The lowest BCUT2D eigenvalue weighted by atomic mass is 9.95. The number of aromatic nitrogens is 2. The summed E-state index contributed by atoms with van der Waals surface area (Å²) in [5.74, 6) is -0.0754. The molecule has 4 heterocycles. The highest BCUT2D eigenvalue weighted by atomic mass is 32.2. The van der Waals surface area contributed by atoms with Crippen LogP contribution in [0.3, 0.4) is 0 Å². The quantitative estimate of drug-likeness (QED) is 0.511. The minimum atomic E-state index is -4.32. The number of alkyl halides is 3. The van der Waals surface area contributed by atoms with Crippen LogP contribution in [-0.2, 0) is 32.3 Å². The fourth-order valence-corrected chi connectivity index (χ4v) is 6.73. The minimum absolute atomic E-state index is 0.00645. The lowest BCUT2D eigenvalue weighted by Crippen LogP contribution is -2.41. The Kier molecular flexibility index (Phi) is 8.27. The van der Waals surface area contributed by atoms with Crippen molar-refractivity contribution in [2.24, 2.45) is 11.8 Å². The van der Waals surface area contributed by atoms with Crippen molar-refractivity contribution in [2.75, 3.05) is 24.2 Å². The Bertz CT molecular complexity index is 1210. The molecule has 1 N–H and O–H groups in total. The van der Waals surface area contributed by atoms with Gasteiger partial charge in [0.2, 0.25) is 5.91 Å². The lowest BCUT2D eigenvalue weighted by molar-refractivity contribution is -0.236. The first-order valence-corrected chi connectivity index (χ1v) is 14.7. The molecule has 3 atom stereocenters. The zero-order valence-electron chi connectivity index (χ0n) is 20.9.